The zero-order valence-corrected chi connectivity index (χ0v) is 16.5. The number of carbonyl (C=O) groups excluding carboxylic acids is 1. The first kappa shape index (κ1) is 19.7. The summed E-state index contributed by atoms with van der Waals surface area (Å²) in [5, 5.41) is 0. The van der Waals surface area contributed by atoms with Crippen LogP contribution >= 0.6 is 0 Å². The number of ether oxygens (including phenoxy) is 1. The highest BCUT2D eigenvalue weighted by atomic mass is 32.2. The molecule has 0 aliphatic carbocycles. The van der Waals surface area contributed by atoms with Crippen LogP contribution in [0.5, 0.6) is 5.75 Å². The predicted molar refractivity (Wildman–Crippen MR) is 104 cm³/mol. The Morgan fingerprint density at radius 2 is 2.22 bits per heavy atom. The van der Waals surface area contributed by atoms with Crippen LogP contribution in [0.1, 0.15) is 50.2 Å². The second kappa shape index (κ2) is 8.29. The number of amidine groups is 1. The first-order chi connectivity index (χ1) is 12.9. The maximum absolute atomic E-state index is 12.3. The third-order valence-corrected chi connectivity index (χ3v) is 6.19. The van der Waals surface area contributed by atoms with Crippen molar-refractivity contribution in [1.29, 1.82) is 0 Å². The molecule has 0 spiro atoms. The Labute approximate surface area is 160 Å². The van der Waals surface area contributed by atoms with Crippen LogP contribution in [0.15, 0.2) is 22.6 Å². The van der Waals surface area contributed by atoms with E-state index in [9.17, 15) is 13.2 Å². The van der Waals surface area contributed by atoms with E-state index in [0.29, 0.717) is 36.4 Å². The van der Waals surface area contributed by atoms with Gasteiger partial charge in [0.2, 0.25) is 5.91 Å². The second-order valence-electron chi connectivity index (χ2n) is 7.26. The molecule has 27 heavy (non-hydrogen) atoms. The van der Waals surface area contributed by atoms with Crippen LogP contribution in [0.4, 0.5) is 0 Å². The molecule has 8 heteroatoms. The smallest absolute Gasteiger partial charge is 0.259 e. The fourth-order valence-electron chi connectivity index (χ4n) is 3.65. The number of benzene rings is 1. The lowest BCUT2D eigenvalue weighted by molar-refractivity contribution is -0.133. The molecule has 148 valence electrons. The van der Waals surface area contributed by atoms with Gasteiger partial charge in [0.1, 0.15) is 11.6 Å². The highest BCUT2D eigenvalue weighted by Crippen LogP contribution is 2.29. The topological polar surface area (TPSA) is 102 Å². The van der Waals surface area contributed by atoms with Crippen molar-refractivity contribution in [2.75, 3.05) is 19.7 Å². The lowest BCUT2D eigenvalue weighted by atomic mass is 9.98. The van der Waals surface area contributed by atoms with Crippen LogP contribution in [0.3, 0.4) is 0 Å². The summed E-state index contributed by atoms with van der Waals surface area (Å²) in [4.78, 5) is 14.2. The number of nitrogens with zero attached hydrogens (tertiary/aromatic N) is 2. The van der Waals surface area contributed by atoms with Crippen LogP contribution in [-0.2, 0) is 20.6 Å². The van der Waals surface area contributed by atoms with E-state index in [1.54, 1.807) is 18.2 Å². The molecule has 2 aliphatic heterocycles. The van der Waals surface area contributed by atoms with Crippen LogP contribution in [-0.4, -0.2) is 44.8 Å². The molecule has 1 fully saturated rings. The Hall–Kier alpha value is -2.09. The van der Waals surface area contributed by atoms with Crippen molar-refractivity contribution in [3.63, 3.8) is 0 Å². The fraction of sp³-hybridized carbons (Fsp3) is 0.579. The van der Waals surface area contributed by atoms with Crippen LogP contribution in [0.2, 0.25) is 0 Å². The van der Waals surface area contributed by atoms with E-state index in [2.05, 4.69) is 11.3 Å². The molecule has 0 bridgehead atoms. The molecule has 3 rings (SSSR count). The molecule has 2 heterocycles. The normalized spacial score (nSPS) is 21.3. The van der Waals surface area contributed by atoms with Crippen molar-refractivity contribution < 1.29 is 17.9 Å². The lowest BCUT2D eigenvalue weighted by Crippen LogP contribution is -2.41. The highest BCUT2D eigenvalue weighted by Gasteiger charge is 2.27. The van der Waals surface area contributed by atoms with E-state index >= 15 is 0 Å². The van der Waals surface area contributed by atoms with Crippen molar-refractivity contribution in [2.45, 2.75) is 44.8 Å². The Morgan fingerprint density at radius 3 is 3.00 bits per heavy atom. The molecule has 0 saturated carbocycles. The van der Waals surface area contributed by atoms with Gasteiger partial charge in [-0.25, -0.2) is 8.42 Å². The first-order valence-electron chi connectivity index (χ1n) is 9.50. The Kier molecular flexibility index (Phi) is 6.04. The summed E-state index contributed by atoms with van der Waals surface area (Å²) in [5.74, 6) is 0.847. The van der Waals surface area contributed by atoms with Crippen molar-refractivity contribution >= 4 is 21.8 Å². The minimum atomic E-state index is -3.56. The highest BCUT2D eigenvalue weighted by molar-refractivity contribution is 7.89. The third kappa shape index (κ3) is 4.80. The van der Waals surface area contributed by atoms with E-state index in [-0.39, 0.29) is 23.4 Å². The van der Waals surface area contributed by atoms with E-state index < -0.39 is 10.0 Å². The molecule has 1 aromatic rings. The van der Waals surface area contributed by atoms with Gasteiger partial charge in [-0.2, -0.15) is 0 Å². The van der Waals surface area contributed by atoms with Crippen molar-refractivity contribution in [1.82, 2.24) is 4.90 Å². The first-order valence-corrected chi connectivity index (χ1v) is 11.1. The van der Waals surface area contributed by atoms with E-state index in [0.717, 1.165) is 32.2 Å². The molecule has 0 radical (unpaired) electrons. The second-order valence-corrected chi connectivity index (χ2v) is 8.89. The summed E-state index contributed by atoms with van der Waals surface area (Å²) in [6, 6.07) is 5.28. The van der Waals surface area contributed by atoms with Gasteiger partial charge in [-0.3, -0.25) is 4.79 Å². The van der Waals surface area contributed by atoms with Gasteiger partial charge in [0.25, 0.3) is 10.0 Å². The minimum absolute atomic E-state index is 0.0214. The van der Waals surface area contributed by atoms with Gasteiger partial charge in [-0.1, -0.05) is 25.5 Å². The van der Waals surface area contributed by atoms with Gasteiger partial charge in [0.05, 0.1) is 17.9 Å². The molecule has 2 aliphatic rings. The summed E-state index contributed by atoms with van der Waals surface area (Å²) in [6.45, 7) is 4.07. The Balaban J connectivity index is 1.65. The quantitative estimate of drug-likeness (QED) is 0.797. The maximum Gasteiger partial charge on any atom is 0.259 e. The van der Waals surface area contributed by atoms with Crippen molar-refractivity contribution in [3.05, 3.63) is 29.3 Å². The van der Waals surface area contributed by atoms with Gasteiger partial charge in [-0.05, 0) is 30.9 Å². The van der Waals surface area contributed by atoms with Crippen LogP contribution in [0.25, 0.3) is 0 Å². The largest absolute Gasteiger partial charge is 0.492 e. The van der Waals surface area contributed by atoms with Crippen LogP contribution < -0.4 is 10.5 Å². The number of carbonyl (C=O) groups is 1. The zero-order valence-electron chi connectivity index (χ0n) is 15.7. The molecule has 7 nitrogen and oxygen atoms in total. The third-order valence-electron chi connectivity index (χ3n) is 5.03. The number of amides is 1. The number of unbranched alkanes of at least 4 members (excludes halogenated alkanes) is 1. The summed E-state index contributed by atoms with van der Waals surface area (Å²) >= 11 is 0. The number of likely N-dealkylation sites (tertiary alicyclic amines) is 1. The fourth-order valence-corrected chi connectivity index (χ4v) is 4.74. The number of hydrogen-bond acceptors (Lipinski definition) is 5. The van der Waals surface area contributed by atoms with E-state index in [1.807, 2.05) is 4.90 Å². The number of sulfonamides is 1. The molecule has 1 aromatic carbocycles. The minimum Gasteiger partial charge on any atom is -0.492 e. The van der Waals surface area contributed by atoms with Gasteiger partial charge in [0, 0.05) is 25.4 Å². The number of nitrogens with two attached hydrogens (primary N) is 1. The summed E-state index contributed by atoms with van der Waals surface area (Å²) in [7, 11) is -3.56. The molecular weight excluding hydrogens is 366 g/mol. The molecule has 0 aromatic heterocycles. The molecule has 2 N–H and O–H groups in total. The Morgan fingerprint density at radius 1 is 1.41 bits per heavy atom. The summed E-state index contributed by atoms with van der Waals surface area (Å²) < 4.78 is 33.1. The molecular formula is C19H27N3O4S. The predicted octanol–water partition coefficient (Wildman–Crippen LogP) is 2.04. The monoisotopic (exact) mass is 393 g/mol. The van der Waals surface area contributed by atoms with Crippen molar-refractivity contribution in [3.8, 4) is 5.75 Å². The van der Waals surface area contributed by atoms with Gasteiger partial charge in [0.15, 0.2) is 0 Å². The van der Waals surface area contributed by atoms with Gasteiger partial charge >= 0.3 is 0 Å². The molecule has 1 saturated heterocycles. The number of hydrogen-bond donors (Lipinski definition) is 1. The standard InChI is InChI=1S/C19H27N3O4S/c1-2-3-9-17(23)22-10-5-6-14(11-22)12-26-16-8-4-7-15-13-27(24,25)21-19(20)18(15)16/h4,7-8,14H,2-3,5-6,9-13H2,1H3,(H2,20,21). The maximum atomic E-state index is 12.3. The lowest BCUT2D eigenvalue weighted by Gasteiger charge is -2.33. The van der Waals surface area contributed by atoms with Gasteiger partial charge < -0.3 is 15.4 Å². The number of piperidine rings is 1. The van der Waals surface area contributed by atoms with Crippen molar-refractivity contribution in [2.24, 2.45) is 16.0 Å². The van der Waals surface area contributed by atoms with Crippen LogP contribution in [0, 0.1) is 5.92 Å². The number of rotatable bonds is 6. The zero-order chi connectivity index (χ0) is 19.4. The number of fused-ring (bicyclic) bond motifs is 1. The SMILES string of the molecule is CCCCC(=O)N1CCCC(COc2cccc3c2C(N)=NS(=O)(=O)C3)C1. The molecule has 1 unspecified atom stereocenters. The Bertz CT molecular complexity index is 835. The summed E-state index contributed by atoms with van der Waals surface area (Å²) in [5.41, 5.74) is 7.06. The van der Waals surface area contributed by atoms with Gasteiger partial charge in [-0.15, -0.1) is 4.40 Å². The average molecular weight is 394 g/mol. The van der Waals surface area contributed by atoms with E-state index in [4.69, 9.17) is 10.5 Å². The molecule has 1 amide bonds. The molecule has 1 atom stereocenters. The average Bonchev–Trinajstić information content (AvgIpc) is 2.63. The summed E-state index contributed by atoms with van der Waals surface area (Å²) in [6.07, 6.45) is 4.53. The van der Waals surface area contributed by atoms with E-state index in [1.165, 1.54) is 0 Å².